The third kappa shape index (κ3) is 7.74. The van der Waals surface area contributed by atoms with Gasteiger partial charge in [-0.15, -0.1) is 0 Å². The first kappa shape index (κ1) is 21.9. The Morgan fingerprint density at radius 1 is 1.12 bits per heavy atom. The van der Waals surface area contributed by atoms with Crippen LogP contribution in [0, 0.1) is 11.3 Å². The van der Waals surface area contributed by atoms with Crippen LogP contribution in [0.5, 0.6) is 0 Å². The van der Waals surface area contributed by atoms with Gasteiger partial charge in [0.15, 0.2) is 0 Å². The third-order valence-corrected chi connectivity index (χ3v) is 5.11. The molecular weight excluding hydrogens is 318 g/mol. The van der Waals surface area contributed by atoms with E-state index in [0.717, 1.165) is 64.0 Å². The number of nitrogens with zero attached hydrogens (tertiary/aromatic N) is 2. The second-order valence-corrected chi connectivity index (χ2v) is 6.99. The Morgan fingerprint density at radius 2 is 1.76 bits per heavy atom. The molecule has 146 valence electrons. The van der Waals surface area contributed by atoms with Crippen LogP contribution in [0.4, 0.5) is 4.79 Å². The van der Waals surface area contributed by atoms with Gasteiger partial charge in [0.2, 0.25) is 0 Å². The Hall–Kier alpha value is -1.14. The van der Waals surface area contributed by atoms with E-state index in [1.807, 2.05) is 25.7 Å². The van der Waals surface area contributed by atoms with E-state index in [1.54, 1.807) is 0 Å². The molecule has 6 nitrogen and oxygen atoms in total. The standard InChI is InChI=1S/C16H29N3O2.C3H8O/c1-3-21-16(20)19-9-4-5-15(8-12-19)18-10-6-14(7-11-18)13(2)17;1-2-3-4/h14-15,17H,3-12H2,1-2H3;4H,2-3H2,1H3. The number of nitrogens with one attached hydrogen (secondary N) is 1. The zero-order valence-electron chi connectivity index (χ0n) is 16.3. The summed E-state index contributed by atoms with van der Waals surface area (Å²) < 4.78 is 5.11. The van der Waals surface area contributed by atoms with Gasteiger partial charge in [0.25, 0.3) is 0 Å². The number of hydrogen-bond donors (Lipinski definition) is 2. The average molecular weight is 356 g/mol. The van der Waals surface area contributed by atoms with Crippen LogP contribution in [0.2, 0.25) is 0 Å². The van der Waals surface area contributed by atoms with Crippen molar-refractivity contribution in [3.8, 4) is 0 Å². The highest BCUT2D eigenvalue weighted by Gasteiger charge is 2.28. The molecule has 2 rings (SSSR count). The Bertz CT molecular complexity index is 393. The van der Waals surface area contributed by atoms with Crippen molar-refractivity contribution >= 4 is 11.8 Å². The number of likely N-dealkylation sites (tertiary alicyclic amines) is 2. The van der Waals surface area contributed by atoms with Gasteiger partial charge in [0, 0.05) is 31.4 Å². The fourth-order valence-electron chi connectivity index (χ4n) is 3.54. The summed E-state index contributed by atoms with van der Waals surface area (Å²) in [5, 5.41) is 15.6. The maximum Gasteiger partial charge on any atom is 0.409 e. The maximum atomic E-state index is 11.8. The molecule has 0 bridgehead atoms. The predicted molar refractivity (Wildman–Crippen MR) is 101 cm³/mol. The topological polar surface area (TPSA) is 76.9 Å². The smallest absolute Gasteiger partial charge is 0.409 e. The number of rotatable bonds is 4. The van der Waals surface area contributed by atoms with Crippen molar-refractivity contribution in [3.05, 3.63) is 0 Å². The van der Waals surface area contributed by atoms with E-state index >= 15 is 0 Å². The maximum absolute atomic E-state index is 11.8. The first-order valence-corrected chi connectivity index (χ1v) is 9.85. The van der Waals surface area contributed by atoms with Crippen LogP contribution < -0.4 is 0 Å². The summed E-state index contributed by atoms with van der Waals surface area (Å²) in [5.41, 5.74) is 0.837. The van der Waals surface area contributed by atoms with Crippen LogP contribution in [0.1, 0.15) is 59.3 Å². The van der Waals surface area contributed by atoms with Crippen molar-refractivity contribution in [2.75, 3.05) is 39.4 Å². The number of ether oxygens (including phenoxy) is 1. The van der Waals surface area contributed by atoms with Crippen molar-refractivity contribution in [3.63, 3.8) is 0 Å². The van der Waals surface area contributed by atoms with Crippen LogP contribution in [0.25, 0.3) is 0 Å². The number of aliphatic hydroxyl groups is 1. The highest BCUT2D eigenvalue weighted by atomic mass is 16.6. The molecule has 0 aromatic carbocycles. The molecular formula is C19H37N3O3. The quantitative estimate of drug-likeness (QED) is 0.760. The molecule has 1 unspecified atom stereocenters. The number of carbonyl (C=O) groups excluding carboxylic acids is 1. The molecule has 6 heteroatoms. The van der Waals surface area contributed by atoms with Gasteiger partial charge < -0.3 is 25.1 Å². The van der Waals surface area contributed by atoms with E-state index in [4.69, 9.17) is 15.3 Å². The van der Waals surface area contributed by atoms with Gasteiger partial charge in [-0.1, -0.05) is 6.92 Å². The minimum Gasteiger partial charge on any atom is -0.450 e. The van der Waals surface area contributed by atoms with Crippen molar-refractivity contribution in [1.82, 2.24) is 9.80 Å². The molecule has 2 saturated heterocycles. The normalized spacial score (nSPS) is 22.6. The van der Waals surface area contributed by atoms with E-state index in [2.05, 4.69) is 4.90 Å². The molecule has 0 aromatic heterocycles. The van der Waals surface area contributed by atoms with Gasteiger partial charge in [0.1, 0.15) is 0 Å². The molecule has 0 radical (unpaired) electrons. The molecule has 1 amide bonds. The van der Waals surface area contributed by atoms with Crippen LogP contribution in [0.3, 0.4) is 0 Å². The molecule has 25 heavy (non-hydrogen) atoms. The largest absolute Gasteiger partial charge is 0.450 e. The lowest BCUT2D eigenvalue weighted by Gasteiger charge is -2.37. The first-order valence-electron chi connectivity index (χ1n) is 9.85. The fourth-order valence-corrected chi connectivity index (χ4v) is 3.54. The van der Waals surface area contributed by atoms with Gasteiger partial charge in [-0.05, 0) is 71.4 Å². The molecule has 2 N–H and O–H groups in total. The van der Waals surface area contributed by atoms with E-state index in [-0.39, 0.29) is 6.09 Å². The lowest BCUT2D eigenvalue weighted by atomic mass is 9.91. The Kier molecular flexibility index (Phi) is 10.7. The molecule has 2 aliphatic heterocycles. The number of hydrogen-bond acceptors (Lipinski definition) is 5. The van der Waals surface area contributed by atoms with Gasteiger partial charge in [-0.25, -0.2) is 4.79 Å². The number of amides is 1. The summed E-state index contributed by atoms with van der Waals surface area (Å²) in [6, 6.07) is 0.594. The summed E-state index contributed by atoms with van der Waals surface area (Å²) in [6.45, 7) is 10.3. The molecule has 1 atom stereocenters. The molecule has 0 saturated carbocycles. The molecule has 2 aliphatic rings. The van der Waals surface area contributed by atoms with E-state index < -0.39 is 0 Å². The predicted octanol–water partition coefficient (Wildman–Crippen LogP) is 3.14. The Labute approximate surface area is 153 Å². The Morgan fingerprint density at radius 3 is 2.28 bits per heavy atom. The fraction of sp³-hybridized carbons (Fsp3) is 0.895. The van der Waals surface area contributed by atoms with Gasteiger partial charge in [-0.3, -0.25) is 0 Å². The summed E-state index contributed by atoms with van der Waals surface area (Å²) in [6.07, 6.45) is 6.24. The van der Waals surface area contributed by atoms with Crippen LogP contribution >= 0.6 is 0 Å². The number of piperidine rings is 1. The first-order chi connectivity index (χ1) is 12.0. The van der Waals surface area contributed by atoms with Crippen LogP contribution in [-0.2, 0) is 4.74 Å². The summed E-state index contributed by atoms with van der Waals surface area (Å²) >= 11 is 0. The minimum absolute atomic E-state index is 0.156. The molecule has 2 heterocycles. The second kappa shape index (κ2) is 12.3. The molecule has 2 fully saturated rings. The molecule has 0 aliphatic carbocycles. The van der Waals surface area contributed by atoms with Crippen LogP contribution in [-0.4, -0.2) is 72.1 Å². The lowest BCUT2D eigenvalue weighted by molar-refractivity contribution is 0.105. The van der Waals surface area contributed by atoms with E-state index in [1.165, 1.54) is 6.42 Å². The summed E-state index contributed by atoms with van der Waals surface area (Å²) in [5.74, 6) is 0.489. The molecule has 0 aromatic rings. The Balaban J connectivity index is 0.000000705. The van der Waals surface area contributed by atoms with Crippen LogP contribution in [0.15, 0.2) is 0 Å². The summed E-state index contributed by atoms with van der Waals surface area (Å²) in [7, 11) is 0. The van der Waals surface area contributed by atoms with Crippen molar-refractivity contribution in [2.45, 2.75) is 65.3 Å². The van der Waals surface area contributed by atoms with Gasteiger partial charge in [0.05, 0.1) is 6.61 Å². The highest BCUT2D eigenvalue weighted by molar-refractivity contribution is 5.81. The zero-order chi connectivity index (χ0) is 18.7. The average Bonchev–Trinajstić information content (AvgIpc) is 2.88. The van der Waals surface area contributed by atoms with E-state index in [9.17, 15) is 4.79 Å². The second-order valence-electron chi connectivity index (χ2n) is 6.99. The minimum atomic E-state index is -0.156. The monoisotopic (exact) mass is 355 g/mol. The van der Waals surface area contributed by atoms with Crippen molar-refractivity contribution in [2.24, 2.45) is 5.92 Å². The van der Waals surface area contributed by atoms with Crippen molar-refractivity contribution < 1.29 is 14.6 Å². The number of carbonyl (C=O) groups is 1. The zero-order valence-corrected chi connectivity index (χ0v) is 16.3. The van der Waals surface area contributed by atoms with Crippen molar-refractivity contribution in [1.29, 1.82) is 5.41 Å². The highest BCUT2D eigenvalue weighted by Crippen LogP contribution is 2.24. The van der Waals surface area contributed by atoms with Gasteiger partial charge >= 0.3 is 6.09 Å². The SMILES string of the molecule is CCCO.CCOC(=O)N1CCCC(N2CCC(C(C)=N)CC2)CC1. The summed E-state index contributed by atoms with van der Waals surface area (Å²) in [4.78, 5) is 16.3. The molecule has 0 spiro atoms. The lowest BCUT2D eigenvalue weighted by Crippen LogP contribution is -2.43. The number of aliphatic hydroxyl groups excluding tert-OH is 1. The third-order valence-electron chi connectivity index (χ3n) is 5.11. The van der Waals surface area contributed by atoms with Gasteiger partial charge in [-0.2, -0.15) is 0 Å². The van der Waals surface area contributed by atoms with E-state index in [0.29, 0.717) is 25.2 Å².